The smallest absolute Gasteiger partial charge is 0.185 e. The first kappa shape index (κ1) is 21.3. The Labute approximate surface area is 201 Å². The van der Waals surface area contributed by atoms with Gasteiger partial charge in [0.15, 0.2) is 11.2 Å². The predicted octanol–water partition coefficient (Wildman–Crippen LogP) is 6.28. The fraction of sp³-hybridized carbons (Fsp3) is 0.148. The van der Waals surface area contributed by atoms with E-state index in [0.29, 0.717) is 21.2 Å². The van der Waals surface area contributed by atoms with Gasteiger partial charge in [-0.05, 0) is 29.3 Å². The van der Waals surface area contributed by atoms with Crippen molar-refractivity contribution in [3.8, 4) is 12.1 Å². The van der Waals surface area contributed by atoms with Crippen LogP contribution in [0.1, 0.15) is 27.4 Å². The van der Waals surface area contributed by atoms with E-state index in [-0.39, 0.29) is 5.78 Å². The normalized spacial score (nSPS) is 22.1. The number of nitrogens with zero attached hydrogens (tertiary/aromatic N) is 3. The van der Waals surface area contributed by atoms with Crippen LogP contribution in [-0.4, -0.2) is 17.9 Å². The van der Waals surface area contributed by atoms with E-state index >= 15 is 0 Å². The number of halogens is 2. The first-order valence-electron chi connectivity index (χ1n) is 10.4. The molecule has 0 unspecified atom stereocenters. The lowest BCUT2D eigenvalue weighted by Gasteiger charge is -2.35. The Morgan fingerprint density at radius 2 is 1.64 bits per heavy atom. The Morgan fingerprint density at radius 1 is 0.939 bits per heavy atom. The molecule has 3 aromatic carbocycles. The van der Waals surface area contributed by atoms with E-state index in [1.54, 1.807) is 42.5 Å². The third-order valence-corrected chi connectivity index (χ3v) is 7.10. The van der Waals surface area contributed by atoms with Crippen LogP contribution in [-0.2, 0) is 0 Å². The molecule has 0 amide bonds. The molecule has 6 heteroatoms. The molecule has 0 saturated carbocycles. The van der Waals surface area contributed by atoms with Crippen molar-refractivity contribution in [2.75, 3.05) is 4.90 Å². The van der Waals surface area contributed by atoms with Crippen LogP contribution in [0, 0.1) is 28.1 Å². The number of ketones is 1. The number of carbonyl (C=O) groups is 1. The van der Waals surface area contributed by atoms with Gasteiger partial charge in [-0.3, -0.25) is 4.79 Å². The number of nitriles is 2. The number of hydrogen-bond acceptors (Lipinski definition) is 4. The highest BCUT2D eigenvalue weighted by molar-refractivity contribution is 6.35. The van der Waals surface area contributed by atoms with Gasteiger partial charge in [0.25, 0.3) is 0 Å². The molecule has 0 aliphatic carbocycles. The predicted molar refractivity (Wildman–Crippen MR) is 129 cm³/mol. The van der Waals surface area contributed by atoms with Crippen LogP contribution in [0.4, 0.5) is 5.69 Å². The Morgan fingerprint density at radius 3 is 2.33 bits per heavy atom. The molecule has 0 spiro atoms. The minimum absolute atomic E-state index is 0.172. The van der Waals surface area contributed by atoms with Crippen LogP contribution in [0.15, 0.2) is 78.9 Å². The summed E-state index contributed by atoms with van der Waals surface area (Å²) in [6, 6.07) is 24.7. The molecule has 160 valence electrons. The summed E-state index contributed by atoms with van der Waals surface area (Å²) in [5.41, 5.74) is 1.25. The molecule has 1 saturated heterocycles. The van der Waals surface area contributed by atoms with E-state index < -0.39 is 23.4 Å². The first-order chi connectivity index (χ1) is 16.0. The van der Waals surface area contributed by atoms with Crippen molar-refractivity contribution in [3.63, 3.8) is 0 Å². The van der Waals surface area contributed by atoms with Crippen LogP contribution < -0.4 is 4.90 Å². The Balaban J connectivity index is 1.81. The van der Waals surface area contributed by atoms with Gasteiger partial charge in [0.1, 0.15) is 6.04 Å². The number of fused-ring (bicyclic) bond motifs is 3. The summed E-state index contributed by atoms with van der Waals surface area (Å²) in [6.45, 7) is 0. The zero-order valence-corrected chi connectivity index (χ0v) is 18.8. The van der Waals surface area contributed by atoms with Gasteiger partial charge < -0.3 is 4.90 Å². The highest BCUT2D eigenvalue weighted by Gasteiger charge is 2.63. The molecule has 5 rings (SSSR count). The number of hydrogen-bond donors (Lipinski definition) is 0. The molecule has 2 aliphatic rings. The van der Waals surface area contributed by atoms with Gasteiger partial charge in [0, 0.05) is 27.2 Å². The number of anilines is 1. The highest BCUT2D eigenvalue weighted by atomic mass is 35.5. The van der Waals surface area contributed by atoms with Crippen molar-refractivity contribution >= 4 is 40.7 Å². The summed E-state index contributed by atoms with van der Waals surface area (Å²) in [5, 5.41) is 21.6. The van der Waals surface area contributed by atoms with E-state index in [1.807, 2.05) is 47.4 Å². The Bertz CT molecular complexity index is 1360. The summed E-state index contributed by atoms with van der Waals surface area (Å²) >= 11 is 12.8. The van der Waals surface area contributed by atoms with E-state index in [1.165, 1.54) is 0 Å². The molecular weight excluding hydrogens is 453 g/mol. The van der Waals surface area contributed by atoms with Crippen molar-refractivity contribution in [1.29, 1.82) is 10.5 Å². The molecule has 0 N–H and O–H groups in total. The molecule has 2 aliphatic heterocycles. The van der Waals surface area contributed by atoms with E-state index in [4.69, 9.17) is 23.2 Å². The van der Waals surface area contributed by atoms with Crippen LogP contribution >= 0.6 is 23.2 Å². The molecule has 3 aromatic rings. The number of benzene rings is 3. The molecule has 1 fully saturated rings. The summed E-state index contributed by atoms with van der Waals surface area (Å²) in [5.74, 6) is -0.972. The van der Waals surface area contributed by atoms with Gasteiger partial charge in [-0.1, -0.05) is 90.0 Å². The van der Waals surface area contributed by atoms with E-state index in [2.05, 4.69) is 12.1 Å². The molecule has 3 atom stereocenters. The number of rotatable bonds is 3. The zero-order chi connectivity index (χ0) is 23.2. The van der Waals surface area contributed by atoms with Crippen LogP contribution in [0.5, 0.6) is 0 Å². The number of para-hydroxylation sites is 1. The first-order valence-corrected chi connectivity index (χ1v) is 11.2. The van der Waals surface area contributed by atoms with Crippen molar-refractivity contribution in [1.82, 2.24) is 0 Å². The molecule has 0 radical (unpaired) electrons. The van der Waals surface area contributed by atoms with Gasteiger partial charge in [-0.15, -0.1) is 0 Å². The summed E-state index contributed by atoms with van der Waals surface area (Å²) in [4.78, 5) is 16.0. The fourth-order valence-corrected chi connectivity index (χ4v) is 5.63. The Kier molecular flexibility index (Phi) is 5.22. The monoisotopic (exact) mass is 469 g/mol. The maximum atomic E-state index is 14.0. The second-order valence-electron chi connectivity index (χ2n) is 8.18. The third kappa shape index (κ3) is 3.15. The maximum absolute atomic E-state index is 14.0. The van der Waals surface area contributed by atoms with Crippen LogP contribution in [0.25, 0.3) is 6.08 Å². The van der Waals surface area contributed by atoms with Crippen molar-refractivity contribution in [2.45, 2.75) is 18.0 Å². The molecule has 0 bridgehead atoms. The highest BCUT2D eigenvalue weighted by Crippen LogP contribution is 2.56. The molecular formula is C27H17Cl2N3O. The minimum atomic E-state index is -1.55. The lowest BCUT2D eigenvalue weighted by Crippen LogP contribution is -2.44. The van der Waals surface area contributed by atoms with E-state index in [9.17, 15) is 15.3 Å². The standard InChI is InChI=1S/C27H17Cl2N3O/c28-19-11-12-20(21(29)14-19)24-25(26(33)18-7-2-1-3-8-18)32-22-9-5-4-6-17(22)10-13-23(32)27(24,15-30)16-31/h1-14,23-25H/t23-,24+,25-/m1/s1. The number of carbonyl (C=O) groups excluding carboxylic acids is 1. The van der Waals surface area contributed by atoms with Gasteiger partial charge >= 0.3 is 0 Å². The minimum Gasteiger partial charge on any atom is -0.351 e. The van der Waals surface area contributed by atoms with Crippen molar-refractivity contribution < 1.29 is 4.79 Å². The van der Waals surface area contributed by atoms with Crippen LogP contribution in [0.2, 0.25) is 10.0 Å². The molecule has 4 nitrogen and oxygen atoms in total. The third-order valence-electron chi connectivity index (χ3n) is 6.54. The lowest BCUT2D eigenvalue weighted by molar-refractivity contribution is 0.0951. The van der Waals surface area contributed by atoms with Gasteiger partial charge in [-0.25, -0.2) is 0 Å². The average Bonchev–Trinajstić information content (AvgIpc) is 3.15. The van der Waals surface area contributed by atoms with E-state index in [0.717, 1.165) is 11.3 Å². The SMILES string of the molecule is N#CC1(C#N)[C@@H](c2ccc(Cl)cc2Cl)[C@H](C(=O)c2ccccc2)N2c3ccccc3C=C[C@@H]21. The average molecular weight is 470 g/mol. The van der Waals surface area contributed by atoms with Crippen molar-refractivity contribution in [3.05, 3.63) is 106 Å². The summed E-state index contributed by atoms with van der Waals surface area (Å²) < 4.78 is 0. The van der Waals surface area contributed by atoms with Crippen molar-refractivity contribution in [2.24, 2.45) is 5.41 Å². The summed E-state index contributed by atoms with van der Waals surface area (Å²) in [7, 11) is 0. The Hall–Kier alpha value is -3.57. The molecule has 0 aromatic heterocycles. The number of Topliss-reactive ketones (excluding diaryl/α,β-unsaturated/α-hetero) is 1. The largest absolute Gasteiger partial charge is 0.351 e. The topological polar surface area (TPSA) is 67.9 Å². The van der Waals surface area contributed by atoms with Gasteiger partial charge in [0.2, 0.25) is 0 Å². The maximum Gasteiger partial charge on any atom is 0.185 e. The second kappa shape index (κ2) is 8.09. The quantitative estimate of drug-likeness (QED) is 0.423. The fourth-order valence-electron chi connectivity index (χ4n) is 5.10. The lowest BCUT2D eigenvalue weighted by atomic mass is 9.69. The molecule has 2 heterocycles. The summed E-state index contributed by atoms with van der Waals surface area (Å²) in [6.07, 6.45) is 3.76. The van der Waals surface area contributed by atoms with Gasteiger partial charge in [0.05, 0.1) is 18.2 Å². The van der Waals surface area contributed by atoms with Crippen LogP contribution in [0.3, 0.4) is 0 Å². The second-order valence-corrected chi connectivity index (χ2v) is 9.02. The molecule has 33 heavy (non-hydrogen) atoms. The zero-order valence-electron chi connectivity index (χ0n) is 17.3. The van der Waals surface area contributed by atoms with Gasteiger partial charge in [-0.2, -0.15) is 10.5 Å².